The van der Waals surface area contributed by atoms with Crippen molar-refractivity contribution in [1.29, 1.82) is 0 Å². The van der Waals surface area contributed by atoms with Crippen LogP contribution in [0.25, 0.3) is 0 Å². The number of nitrogens with zero attached hydrogens (tertiary/aromatic N) is 1. The Morgan fingerprint density at radius 2 is 0.773 bits per heavy atom. The van der Waals surface area contributed by atoms with Gasteiger partial charge in [-0.2, -0.15) is 0 Å². The molecule has 2 atom stereocenters. The smallest absolute Gasteiger partial charge is 0.462 e. The number of rotatable bonds is 53. The number of carbonyl (C=O) groups is 2. The fraction of sp³-hybridized carbons (Fsp3) is 0.929. The lowest BCUT2D eigenvalue weighted by molar-refractivity contribution is -0.870. The van der Waals surface area contributed by atoms with E-state index in [1.807, 2.05) is 21.1 Å². The Morgan fingerprint density at radius 1 is 0.455 bits per heavy atom. The molecule has 0 bridgehead atoms. The molecule has 0 aliphatic carbocycles. The summed E-state index contributed by atoms with van der Waals surface area (Å²) in [6, 6.07) is 0. The molecule has 0 aliphatic heterocycles. The van der Waals surface area contributed by atoms with E-state index in [0.29, 0.717) is 23.9 Å². The number of allylic oxidation sites excluding steroid dienone is 2. The number of hydrogen-bond acceptors (Lipinski definition) is 7. The van der Waals surface area contributed by atoms with E-state index in [-0.39, 0.29) is 25.6 Å². The van der Waals surface area contributed by atoms with Gasteiger partial charge in [-0.15, -0.1) is 0 Å². The number of unbranched alkanes of at least 4 members (excludes halogenated alkanes) is 37. The molecule has 0 spiro atoms. The molecule has 10 heteroatoms. The highest BCUT2D eigenvalue weighted by Crippen LogP contribution is 2.43. The van der Waals surface area contributed by atoms with Crippen LogP contribution >= 0.6 is 7.82 Å². The zero-order chi connectivity index (χ0) is 48.5. The van der Waals surface area contributed by atoms with Crippen molar-refractivity contribution in [3.8, 4) is 0 Å². The van der Waals surface area contributed by atoms with Gasteiger partial charge in [0.2, 0.25) is 0 Å². The highest BCUT2D eigenvalue weighted by atomic mass is 31.2. The van der Waals surface area contributed by atoms with Gasteiger partial charge in [-0.25, -0.2) is 4.57 Å². The number of quaternary nitrogens is 1. The number of esters is 2. The Labute approximate surface area is 409 Å². The van der Waals surface area contributed by atoms with Gasteiger partial charge in [0.05, 0.1) is 27.7 Å². The molecule has 9 nitrogen and oxygen atoms in total. The first-order chi connectivity index (χ1) is 32.0. The van der Waals surface area contributed by atoms with E-state index in [1.54, 1.807) is 0 Å². The van der Waals surface area contributed by atoms with Crippen LogP contribution in [0, 0.1) is 0 Å². The Hall–Kier alpha value is -1.25. The molecule has 0 saturated carbocycles. The van der Waals surface area contributed by atoms with Crippen LogP contribution in [-0.4, -0.2) is 74.9 Å². The van der Waals surface area contributed by atoms with Gasteiger partial charge >= 0.3 is 19.8 Å². The van der Waals surface area contributed by atoms with Crippen LogP contribution in [0.3, 0.4) is 0 Å². The van der Waals surface area contributed by atoms with Crippen LogP contribution in [0.4, 0.5) is 0 Å². The number of phosphoric acid groups is 1. The van der Waals surface area contributed by atoms with Crippen molar-refractivity contribution >= 4 is 19.8 Å². The second-order valence-electron chi connectivity index (χ2n) is 20.7. The molecule has 0 aliphatic rings. The molecule has 0 aromatic heterocycles. The lowest BCUT2D eigenvalue weighted by atomic mass is 10.0. The minimum absolute atomic E-state index is 0.0354. The second kappa shape index (κ2) is 48.8. The van der Waals surface area contributed by atoms with Gasteiger partial charge in [-0.05, 0) is 38.5 Å². The van der Waals surface area contributed by atoms with Crippen LogP contribution in [0.2, 0.25) is 0 Å². The maximum atomic E-state index is 12.8. The molecule has 0 radical (unpaired) electrons. The molecular formula is C56H111NO8P+. The third-order valence-electron chi connectivity index (χ3n) is 12.8. The molecule has 392 valence electrons. The monoisotopic (exact) mass is 957 g/mol. The van der Waals surface area contributed by atoms with E-state index in [2.05, 4.69) is 26.0 Å². The number of likely N-dealkylation sites (N-methyl/N-ethyl adjacent to an activating group) is 1. The number of hydrogen-bond donors (Lipinski definition) is 1. The molecule has 0 saturated heterocycles. The topological polar surface area (TPSA) is 108 Å². The highest BCUT2D eigenvalue weighted by Gasteiger charge is 2.27. The Kier molecular flexibility index (Phi) is 47.8. The maximum Gasteiger partial charge on any atom is 0.472 e. The summed E-state index contributed by atoms with van der Waals surface area (Å²) in [5.74, 6) is -0.780. The van der Waals surface area contributed by atoms with Crippen molar-refractivity contribution < 1.29 is 42.1 Å². The predicted octanol–water partition coefficient (Wildman–Crippen LogP) is 17.3. The van der Waals surface area contributed by atoms with Crippen molar-refractivity contribution in [3.63, 3.8) is 0 Å². The molecule has 0 fully saturated rings. The van der Waals surface area contributed by atoms with Gasteiger partial charge in [0.25, 0.3) is 0 Å². The van der Waals surface area contributed by atoms with E-state index < -0.39 is 26.5 Å². The third kappa shape index (κ3) is 52.1. The summed E-state index contributed by atoms with van der Waals surface area (Å²) in [5.41, 5.74) is 0. The summed E-state index contributed by atoms with van der Waals surface area (Å²) >= 11 is 0. The van der Waals surface area contributed by atoms with Gasteiger partial charge in [0.1, 0.15) is 19.8 Å². The van der Waals surface area contributed by atoms with Crippen LogP contribution in [-0.2, 0) is 32.7 Å². The fourth-order valence-corrected chi connectivity index (χ4v) is 9.11. The van der Waals surface area contributed by atoms with Crippen molar-refractivity contribution in [2.75, 3.05) is 47.5 Å². The Bertz CT molecular complexity index is 1130. The molecule has 0 amide bonds. The molecule has 2 unspecified atom stereocenters. The average Bonchev–Trinajstić information content (AvgIpc) is 3.27. The van der Waals surface area contributed by atoms with Crippen molar-refractivity contribution in [2.45, 2.75) is 290 Å². The van der Waals surface area contributed by atoms with Gasteiger partial charge < -0.3 is 18.9 Å². The molecular weight excluding hydrogens is 846 g/mol. The van der Waals surface area contributed by atoms with E-state index in [1.165, 1.54) is 218 Å². The summed E-state index contributed by atoms with van der Waals surface area (Å²) in [5, 5.41) is 0. The van der Waals surface area contributed by atoms with Crippen molar-refractivity contribution in [3.05, 3.63) is 12.2 Å². The van der Waals surface area contributed by atoms with Crippen LogP contribution in [0.5, 0.6) is 0 Å². The normalized spacial score (nSPS) is 13.4. The van der Waals surface area contributed by atoms with Crippen molar-refractivity contribution in [1.82, 2.24) is 0 Å². The van der Waals surface area contributed by atoms with E-state index in [4.69, 9.17) is 18.5 Å². The van der Waals surface area contributed by atoms with E-state index in [9.17, 15) is 19.0 Å². The van der Waals surface area contributed by atoms with Gasteiger partial charge in [0.15, 0.2) is 6.10 Å². The van der Waals surface area contributed by atoms with Crippen LogP contribution in [0.15, 0.2) is 12.2 Å². The molecule has 1 N–H and O–H groups in total. The summed E-state index contributed by atoms with van der Waals surface area (Å²) in [6.07, 6.45) is 55.6. The second-order valence-corrected chi connectivity index (χ2v) is 22.1. The minimum atomic E-state index is -4.38. The number of carbonyl (C=O) groups excluding carboxylic acids is 2. The summed E-state index contributed by atoms with van der Waals surface area (Å²) in [4.78, 5) is 35.6. The molecule has 0 aromatic rings. The zero-order valence-corrected chi connectivity index (χ0v) is 45.4. The molecule has 66 heavy (non-hydrogen) atoms. The fourth-order valence-electron chi connectivity index (χ4n) is 8.37. The lowest BCUT2D eigenvalue weighted by Gasteiger charge is -2.24. The summed E-state index contributed by atoms with van der Waals surface area (Å²) < 4.78 is 34.6. The lowest BCUT2D eigenvalue weighted by Crippen LogP contribution is -2.37. The SMILES string of the molecule is CCCCCCCC/C=C\CCCCCCCCCCCCCC(=O)OC(COC(=O)CCCCCCCCCCCCCCCCCCCCCCC)COP(=O)(O)OCC[N+](C)(C)C. The molecule has 0 heterocycles. The first-order valence-corrected chi connectivity index (χ1v) is 29.9. The largest absolute Gasteiger partial charge is 0.472 e. The average molecular weight is 957 g/mol. The van der Waals surface area contributed by atoms with Crippen LogP contribution in [0.1, 0.15) is 284 Å². The summed E-state index contributed by atoms with van der Waals surface area (Å²) in [6.45, 7) is 4.49. The molecule has 0 aromatic carbocycles. The summed E-state index contributed by atoms with van der Waals surface area (Å²) in [7, 11) is 1.49. The van der Waals surface area contributed by atoms with E-state index in [0.717, 1.165) is 32.1 Å². The van der Waals surface area contributed by atoms with Gasteiger partial charge in [-0.3, -0.25) is 18.6 Å². The first-order valence-electron chi connectivity index (χ1n) is 28.4. The molecule has 0 rings (SSSR count). The van der Waals surface area contributed by atoms with Crippen LogP contribution < -0.4 is 0 Å². The quantitative estimate of drug-likeness (QED) is 0.0211. The predicted molar refractivity (Wildman–Crippen MR) is 280 cm³/mol. The Balaban J connectivity index is 4.14. The minimum Gasteiger partial charge on any atom is -0.462 e. The number of ether oxygens (including phenoxy) is 2. The number of phosphoric ester groups is 1. The van der Waals surface area contributed by atoms with E-state index >= 15 is 0 Å². The van der Waals surface area contributed by atoms with Crippen molar-refractivity contribution in [2.24, 2.45) is 0 Å². The Morgan fingerprint density at radius 3 is 1.12 bits per heavy atom. The first kappa shape index (κ1) is 64.8. The van der Waals surface area contributed by atoms with Gasteiger partial charge in [-0.1, -0.05) is 244 Å². The third-order valence-corrected chi connectivity index (χ3v) is 13.8. The van der Waals surface area contributed by atoms with Gasteiger partial charge in [0, 0.05) is 12.8 Å². The standard InChI is InChI=1S/C56H110NO8P/c1-6-8-10-12-14-16-18-20-22-24-26-28-30-32-34-36-38-40-42-44-46-48-55(58)62-52-54(53-64-66(60,61)63-51-50-57(3,4)5)65-56(59)49-47-45-43-41-39-37-35-33-31-29-27-25-23-21-19-17-15-13-11-9-7-2/h21,23,54H,6-20,22,24-53H2,1-5H3/p+1/b23-21-. The highest BCUT2D eigenvalue weighted by molar-refractivity contribution is 7.47. The zero-order valence-electron chi connectivity index (χ0n) is 44.5. The maximum absolute atomic E-state index is 12.8.